The molecule has 1 N–H and O–H groups in total. The Morgan fingerprint density at radius 2 is 2.00 bits per heavy atom. The lowest BCUT2D eigenvalue weighted by atomic mass is 10.1. The van der Waals surface area contributed by atoms with Crippen LogP contribution in [0.15, 0.2) is 36.4 Å². The van der Waals surface area contributed by atoms with Crippen molar-refractivity contribution in [2.75, 3.05) is 6.54 Å². The molecule has 0 bridgehead atoms. The van der Waals surface area contributed by atoms with Crippen LogP contribution in [-0.2, 0) is 0 Å². The van der Waals surface area contributed by atoms with Crippen LogP contribution in [0.3, 0.4) is 0 Å². The van der Waals surface area contributed by atoms with Crippen molar-refractivity contribution in [3.63, 3.8) is 0 Å². The van der Waals surface area contributed by atoms with E-state index in [2.05, 4.69) is 5.32 Å². The third kappa shape index (κ3) is 3.74. The summed E-state index contributed by atoms with van der Waals surface area (Å²) >= 11 is 6.14. The van der Waals surface area contributed by atoms with Gasteiger partial charge in [0.1, 0.15) is 17.3 Å². The van der Waals surface area contributed by atoms with Crippen molar-refractivity contribution >= 4 is 11.6 Å². The van der Waals surface area contributed by atoms with E-state index >= 15 is 0 Å². The first-order chi connectivity index (χ1) is 10.0. The van der Waals surface area contributed by atoms with Crippen LogP contribution in [0.25, 0.3) is 0 Å². The highest BCUT2D eigenvalue weighted by atomic mass is 35.5. The average Bonchev–Trinajstić information content (AvgIpc) is 2.43. The van der Waals surface area contributed by atoms with Gasteiger partial charge in [0.15, 0.2) is 0 Å². The summed E-state index contributed by atoms with van der Waals surface area (Å²) in [5.74, 6) is 0.730. The maximum Gasteiger partial charge on any atom is 0.146 e. The highest BCUT2D eigenvalue weighted by Gasteiger charge is 2.17. The van der Waals surface area contributed by atoms with Gasteiger partial charge in [-0.15, -0.1) is 0 Å². The zero-order chi connectivity index (χ0) is 15.4. The van der Waals surface area contributed by atoms with Crippen LogP contribution in [0.2, 0.25) is 5.02 Å². The maximum absolute atomic E-state index is 14.2. The Morgan fingerprint density at radius 3 is 2.71 bits per heavy atom. The molecule has 0 aliphatic rings. The lowest BCUT2D eigenvalue weighted by molar-refractivity contribution is 0.448. The molecule has 1 unspecified atom stereocenters. The van der Waals surface area contributed by atoms with Gasteiger partial charge in [0.05, 0.1) is 5.02 Å². The maximum atomic E-state index is 14.2. The molecule has 0 spiro atoms. The molecule has 2 aromatic carbocycles. The Kier molecular flexibility index (Phi) is 5.21. The monoisotopic (exact) mass is 307 g/mol. The lowest BCUT2D eigenvalue weighted by Crippen LogP contribution is -2.19. The number of hydrogen-bond acceptors (Lipinski definition) is 2. The van der Waals surface area contributed by atoms with E-state index in [1.54, 1.807) is 18.2 Å². The molecule has 4 heteroatoms. The van der Waals surface area contributed by atoms with Gasteiger partial charge in [-0.05, 0) is 50.2 Å². The van der Waals surface area contributed by atoms with Gasteiger partial charge in [0.25, 0.3) is 0 Å². The van der Waals surface area contributed by atoms with Crippen LogP contribution >= 0.6 is 11.6 Å². The fourth-order valence-corrected chi connectivity index (χ4v) is 2.40. The number of nitrogens with one attached hydrogen (secondary N) is 1. The van der Waals surface area contributed by atoms with Crippen LogP contribution in [0.4, 0.5) is 4.39 Å². The zero-order valence-corrected chi connectivity index (χ0v) is 13.2. The number of benzene rings is 2. The van der Waals surface area contributed by atoms with Gasteiger partial charge in [0, 0.05) is 11.6 Å². The van der Waals surface area contributed by atoms with Gasteiger partial charge in [-0.2, -0.15) is 0 Å². The van der Waals surface area contributed by atoms with Gasteiger partial charge >= 0.3 is 0 Å². The molecule has 112 valence electrons. The van der Waals surface area contributed by atoms with Crippen molar-refractivity contribution in [2.45, 2.75) is 26.8 Å². The van der Waals surface area contributed by atoms with Crippen molar-refractivity contribution < 1.29 is 9.13 Å². The van der Waals surface area contributed by atoms with E-state index in [1.165, 1.54) is 6.07 Å². The standard InChI is InChI=1S/C17H19ClFNO/c1-4-20-12(3)17-14(19)6-5-7-15(17)21-16-10-11(2)8-9-13(16)18/h5-10,12,20H,4H2,1-3H3. The quantitative estimate of drug-likeness (QED) is 0.814. The molecule has 0 heterocycles. The summed E-state index contributed by atoms with van der Waals surface area (Å²) in [6.45, 7) is 6.60. The van der Waals surface area contributed by atoms with Crippen molar-refractivity contribution in [1.82, 2.24) is 5.32 Å². The van der Waals surface area contributed by atoms with Crippen LogP contribution in [0.5, 0.6) is 11.5 Å². The van der Waals surface area contributed by atoms with Gasteiger partial charge < -0.3 is 10.1 Å². The number of ether oxygens (including phenoxy) is 1. The first kappa shape index (κ1) is 15.8. The van der Waals surface area contributed by atoms with E-state index in [1.807, 2.05) is 32.9 Å². The Hall–Kier alpha value is -1.58. The summed E-state index contributed by atoms with van der Waals surface area (Å²) in [7, 11) is 0. The second kappa shape index (κ2) is 6.92. The predicted molar refractivity (Wildman–Crippen MR) is 84.8 cm³/mol. The molecular formula is C17H19ClFNO. The molecule has 21 heavy (non-hydrogen) atoms. The van der Waals surface area contributed by atoms with Crippen LogP contribution in [-0.4, -0.2) is 6.54 Å². The normalized spacial score (nSPS) is 12.2. The smallest absolute Gasteiger partial charge is 0.146 e. The molecule has 0 radical (unpaired) electrons. The first-order valence-corrected chi connectivity index (χ1v) is 7.36. The SMILES string of the molecule is CCNC(C)c1c(F)cccc1Oc1cc(C)ccc1Cl. The second-order valence-electron chi connectivity index (χ2n) is 4.97. The van der Waals surface area contributed by atoms with E-state index in [4.69, 9.17) is 16.3 Å². The predicted octanol–water partition coefficient (Wildman–Crippen LogP) is 5.25. The average molecular weight is 308 g/mol. The van der Waals surface area contributed by atoms with Gasteiger partial charge in [-0.3, -0.25) is 0 Å². The highest BCUT2D eigenvalue weighted by molar-refractivity contribution is 6.32. The summed E-state index contributed by atoms with van der Waals surface area (Å²) in [5, 5.41) is 3.71. The van der Waals surface area contributed by atoms with E-state index in [0.717, 1.165) is 12.1 Å². The third-order valence-corrected chi connectivity index (χ3v) is 3.58. The first-order valence-electron chi connectivity index (χ1n) is 6.98. The minimum atomic E-state index is -0.287. The van der Waals surface area contributed by atoms with Crippen LogP contribution in [0.1, 0.15) is 31.0 Å². The molecule has 2 rings (SSSR count). The third-order valence-electron chi connectivity index (χ3n) is 3.26. The Bertz CT molecular complexity index is 630. The Labute approximate surface area is 129 Å². The van der Waals surface area contributed by atoms with Crippen molar-refractivity contribution in [1.29, 1.82) is 0 Å². The van der Waals surface area contributed by atoms with E-state index in [0.29, 0.717) is 22.1 Å². The van der Waals surface area contributed by atoms with E-state index in [-0.39, 0.29) is 11.9 Å². The molecule has 0 fully saturated rings. The zero-order valence-electron chi connectivity index (χ0n) is 12.4. The summed E-state index contributed by atoms with van der Waals surface area (Å²) < 4.78 is 20.0. The molecule has 2 aromatic rings. The number of hydrogen-bond donors (Lipinski definition) is 1. The van der Waals surface area contributed by atoms with Crippen molar-refractivity contribution in [2.24, 2.45) is 0 Å². The molecule has 0 aliphatic heterocycles. The fraction of sp³-hybridized carbons (Fsp3) is 0.294. The Morgan fingerprint density at radius 1 is 1.24 bits per heavy atom. The summed E-state index contributed by atoms with van der Waals surface area (Å²) in [4.78, 5) is 0. The molecule has 0 amide bonds. The minimum Gasteiger partial charge on any atom is -0.455 e. The number of rotatable bonds is 5. The second-order valence-corrected chi connectivity index (χ2v) is 5.37. The van der Waals surface area contributed by atoms with E-state index < -0.39 is 0 Å². The van der Waals surface area contributed by atoms with Crippen molar-refractivity contribution in [3.8, 4) is 11.5 Å². The fourth-order valence-electron chi connectivity index (χ4n) is 2.24. The van der Waals surface area contributed by atoms with Gasteiger partial charge in [-0.25, -0.2) is 4.39 Å². The summed E-state index contributed by atoms with van der Waals surface area (Å²) in [5.41, 5.74) is 1.55. The molecule has 2 nitrogen and oxygen atoms in total. The van der Waals surface area contributed by atoms with Crippen molar-refractivity contribution in [3.05, 3.63) is 58.4 Å². The minimum absolute atomic E-state index is 0.144. The number of halogens is 2. The van der Waals surface area contributed by atoms with Gasteiger partial charge in [0.2, 0.25) is 0 Å². The largest absolute Gasteiger partial charge is 0.455 e. The Balaban J connectivity index is 2.40. The van der Waals surface area contributed by atoms with Gasteiger partial charge in [-0.1, -0.05) is 30.7 Å². The highest BCUT2D eigenvalue weighted by Crippen LogP contribution is 2.35. The molecule has 0 aromatic heterocycles. The molecule has 1 atom stereocenters. The van der Waals surface area contributed by atoms with Crippen LogP contribution in [0, 0.1) is 12.7 Å². The molecular weight excluding hydrogens is 289 g/mol. The number of aryl methyl sites for hydroxylation is 1. The topological polar surface area (TPSA) is 21.3 Å². The molecule has 0 saturated heterocycles. The summed E-state index contributed by atoms with van der Waals surface area (Å²) in [6.07, 6.45) is 0. The van der Waals surface area contributed by atoms with Crippen LogP contribution < -0.4 is 10.1 Å². The molecule has 0 aliphatic carbocycles. The van der Waals surface area contributed by atoms with E-state index in [9.17, 15) is 4.39 Å². The lowest BCUT2D eigenvalue weighted by Gasteiger charge is -2.18. The molecule has 0 saturated carbocycles. The summed E-state index contributed by atoms with van der Waals surface area (Å²) in [6, 6.07) is 10.2.